The van der Waals surface area contributed by atoms with E-state index in [9.17, 15) is 9.59 Å². The van der Waals surface area contributed by atoms with Crippen LogP contribution in [0.4, 0.5) is 4.79 Å². The molecule has 96 valence electrons. The second-order valence-corrected chi connectivity index (χ2v) is 4.46. The van der Waals surface area contributed by atoms with Crippen LogP contribution < -0.4 is 0 Å². The van der Waals surface area contributed by atoms with Crippen molar-refractivity contribution in [3.8, 4) is 0 Å². The molecule has 1 N–H and O–H groups in total. The Morgan fingerprint density at radius 1 is 1.28 bits per heavy atom. The van der Waals surface area contributed by atoms with Gasteiger partial charge in [0.25, 0.3) is 0 Å². The van der Waals surface area contributed by atoms with E-state index in [1.165, 1.54) is 0 Å². The molecule has 1 aromatic carbocycles. The van der Waals surface area contributed by atoms with Crippen molar-refractivity contribution < 1.29 is 14.7 Å². The van der Waals surface area contributed by atoms with Crippen LogP contribution in [0.5, 0.6) is 0 Å². The molecule has 18 heavy (non-hydrogen) atoms. The molecule has 2 amide bonds. The second kappa shape index (κ2) is 5.08. The summed E-state index contributed by atoms with van der Waals surface area (Å²) in [6, 6.07) is 7.36. The SMILES string of the molecule is CN1CCN(Cc2ccccc2CC(=O)O)C1=O. The van der Waals surface area contributed by atoms with Crippen LogP contribution in [0, 0.1) is 0 Å². The summed E-state index contributed by atoms with van der Waals surface area (Å²) >= 11 is 0. The fourth-order valence-electron chi connectivity index (χ4n) is 2.10. The highest BCUT2D eigenvalue weighted by Crippen LogP contribution is 2.16. The van der Waals surface area contributed by atoms with Gasteiger partial charge >= 0.3 is 12.0 Å². The molecule has 0 unspecified atom stereocenters. The second-order valence-electron chi connectivity index (χ2n) is 4.46. The Morgan fingerprint density at radius 2 is 1.94 bits per heavy atom. The first-order valence-corrected chi connectivity index (χ1v) is 5.86. The molecule has 0 spiro atoms. The van der Waals surface area contributed by atoms with Gasteiger partial charge in [-0.25, -0.2) is 4.79 Å². The van der Waals surface area contributed by atoms with Gasteiger partial charge in [0.15, 0.2) is 0 Å². The number of carbonyl (C=O) groups is 2. The Morgan fingerprint density at radius 3 is 2.50 bits per heavy atom. The molecule has 5 nitrogen and oxygen atoms in total. The average molecular weight is 248 g/mol. The first-order chi connectivity index (χ1) is 8.58. The maximum atomic E-state index is 11.8. The largest absolute Gasteiger partial charge is 0.481 e. The molecular weight excluding hydrogens is 232 g/mol. The van der Waals surface area contributed by atoms with Crippen molar-refractivity contribution in [2.24, 2.45) is 0 Å². The Balaban J connectivity index is 2.14. The predicted molar refractivity (Wildman–Crippen MR) is 66.2 cm³/mol. The van der Waals surface area contributed by atoms with Crippen molar-refractivity contribution in [1.82, 2.24) is 9.80 Å². The molecule has 5 heteroatoms. The number of rotatable bonds is 4. The number of urea groups is 1. The molecular formula is C13H16N2O3. The van der Waals surface area contributed by atoms with Crippen molar-refractivity contribution in [2.45, 2.75) is 13.0 Å². The number of hydrogen-bond acceptors (Lipinski definition) is 2. The monoisotopic (exact) mass is 248 g/mol. The number of aliphatic carboxylic acids is 1. The number of carboxylic acid groups (broad SMARTS) is 1. The van der Waals surface area contributed by atoms with E-state index >= 15 is 0 Å². The van der Waals surface area contributed by atoms with E-state index in [4.69, 9.17) is 5.11 Å². The lowest BCUT2D eigenvalue weighted by Gasteiger charge is -2.17. The normalized spacial score (nSPS) is 15.3. The summed E-state index contributed by atoms with van der Waals surface area (Å²) in [5.41, 5.74) is 1.68. The molecule has 0 radical (unpaired) electrons. The van der Waals surface area contributed by atoms with Crippen LogP contribution in [0.15, 0.2) is 24.3 Å². The summed E-state index contributed by atoms with van der Waals surface area (Å²) in [7, 11) is 1.77. The van der Waals surface area contributed by atoms with Crippen molar-refractivity contribution in [2.75, 3.05) is 20.1 Å². The third-order valence-corrected chi connectivity index (χ3v) is 3.12. The van der Waals surface area contributed by atoms with Crippen LogP contribution >= 0.6 is 0 Å². The van der Waals surface area contributed by atoms with Gasteiger partial charge in [0.05, 0.1) is 6.42 Å². The van der Waals surface area contributed by atoms with E-state index in [1.807, 2.05) is 18.2 Å². The lowest BCUT2D eigenvalue weighted by molar-refractivity contribution is -0.136. The summed E-state index contributed by atoms with van der Waals surface area (Å²) in [4.78, 5) is 26.0. The van der Waals surface area contributed by atoms with Gasteiger partial charge in [-0.3, -0.25) is 4.79 Å². The number of amides is 2. The fourth-order valence-corrected chi connectivity index (χ4v) is 2.10. The zero-order valence-electron chi connectivity index (χ0n) is 10.3. The predicted octanol–water partition coefficient (Wildman–Crippen LogP) is 1.18. The van der Waals surface area contributed by atoms with Crippen LogP contribution in [0.3, 0.4) is 0 Å². The standard InChI is InChI=1S/C13H16N2O3/c1-14-6-7-15(13(14)18)9-11-5-3-2-4-10(11)8-12(16)17/h2-5H,6-9H2,1H3,(H,16,17). The quantitative estimate of drug-likeness (QED) is 0.870. The van der Waals surface area contributed by atoms with E-state index in [-0.39, 0.29) is 12.5 Å². The van der Waals surface area contributed by atoms with E-state index in [0.717, 1.165) is 17.7 Å². The summed E-state index contributed by atoms with van der Waals surface area (Å²) in [6.07, 6.45) is -0.00591. The number of carbonyl (C=O) groups excluding carboxylic acids is 1. The van der Waals surface area contributed by atoms with Crippen LogP contribution in [0.25, 0.3) is 0 Å². The maximum Gasteiger partial charge on any atom is 0.320 e. The summed E-state index contributed by atoms with van der Waals surface area (Å²) in [5.74, 6) is -0.854. The van der Waals surface area contributed by atoms with Gasteiger partial charge in [-0.05, 0) is 11.1 Å². The number of likely N-dealkylation sites (N-methyl/N-ethyl adjacent to an activating group) is 1. The lowest BCUT2D eigenvalue weighted by Crippen LogP contribution is -2.29. The molecule has 1 aromatic rings. The van der Waals surface area contributed by atoms with Crippen LogP contribution in [0.2, 0.25) is 0 Å². The number of nitrogens with zero attached hydrogens (tertiary/aromatic N) is 2. The summed E-state index contributed by atoms with van der Waals surface area (Å²) < 4.78 is 0. The van der Waals surface area contributed by atoms with Crippen molar-refractivity contribution in [3.63, 3.8) is 0 Å². The molecule has 0 aliphatic carbocycles. The first-order valence-electron chi connectivity index (χ1n) is 5.86. The van der Waals surface area contributed by atoms with Gasteiger partial charge in [-0.1, -0.05) is 24.3 Å². The molecule has 0 saturated carbocycles. The Bertz CT molecular complexity index is 473. The molecule has 1 heterocycles. The molecule has 0 aromatic heterocycles. The van der Waals surface area contributed by atoms with Gasteiger partial charge in [0, 0.05) is 26.7 Å². The van der Waals surface area contributed by atoms with Crippen molar-refractivity contribution in [3.05, 3.63) is 35.4 Å². The smallest absolute Gasteiger partial charge is 0.320 e. The summed E-state index contributed by atoms with van der Waals surface area (Å²) in [6.45, 7) is 1.89. The maximum absolute atomic E-state index is 11.8. The average Bonchev–Trinajstić information content (AvgIpc) is 2.63. The number of hydrogen-bond donors (Lipinski definition) is 1. The number of carboxylic acids is 1. The van der Waals surface area contributed by atoms with Crippen LogP contribution in [-0.4, -0.2) is 47.0 Å². The van der Waals surface area contributed by atoms with E-state index in [1.54, 1.807) is 22.9 Å². The van der Waals surface area contributed by atoms with Crippen molar-refractivity contribution >= 4 is 12.0 Å². The molecule has 1 saturated heterocycles. The Kier molecular flexibility index (Phi) is 3.50. The molecule has 0 atom stereocenters. The van der Waals surface area contributed by atoms with Gasteiger partial charge < -0.3 is 14.9 Å². The minimum absolute atomic E-state index is 0.000119. The third kappa shape index (κ3) is 2.61. The third-order valence-electron chi connectivity index (χ3n) is 3.12. The highest BCUT2D eigenvalue weighted by molar-refractivity contribution is 5.76. The van der Waals surface area contributed by atoms with Gasteiger partial charge in [0.2, 0.25) is 0 Å². The van der Waals surface area contributed by atoms with Crippen molar-refractivity contribution in [1.29, 1.82) is 0 Å². The zero-order chi connectivity index (χ0) is 13.1. The highest BCUT2D eigenvalue weighted by atomic mass is 16.4. The van der Waals surface area contributed by atoms with E-state index in [2.05, 4.69) is 0 Å². The fraction of sp³-hybridized carbons (Fsp3) is 0.385. The molecule has 0 bridgehead atoms. The van der Waals surface area contributed by atoms with Crippen LogP contribution in [0.1, 0.15) is 11.1 Å². The Labute approximate surface area is 106 Å². The topological polar surface area (TPSA) is 60.9 Å². The Hall–Kier alpha value is -2.04. The van der Waals surface area contributed by atoms with Gasteiger partial charge in [-0.15, -0.1) is 0 Å². The van der Waals surface area contributed by atoms with E-state index < -0.39 is 5.97 Å². The molecule has 1 fully saturated rings. The minimum atomic E-state index is -0.854. The van der Waals surface area contributed by atoms with Crippen LogP contribution in [-0.2, 0) is 17.8 Å². The minimum Gasteiger partial charge on any atom is -0.481 e. The lowest BCUT2D eigenvalue weighted by atomic mass is 10.0. The first kappa shape index (κ1) is 12.4. The zero-order valence-corrected chi connectivity index (χ0v) is 10.3. The van der Waals surface area contributed by atoms with Gasteiger partial charge in [0.1, 0.15) is 0 Å². The molecule has 1 aliphatic heterocycles. The number of benzene rings is 1. The van der Waals surface area contributed by atoms with Gasteiger partial charge in [-0.2, -0.15) is 0 Å². The van der Waals surface area contributed by atoms with E-state index in [0.29, 0.717) is 13.1 Å². The molecule has 2 rings (SSSR count). The summed E-state index contributed by atoms with van der Waals surface area (Å²) in [5, 5.41) is 8.86. The molecule has 1 aliphatic rings. The highest BCUT2D eigenvalue weighted by Gasteiger charge is 2.25.